The normalized spacial score (nSPS) is 24.9. The third-order valence-corrected chi connectivity index (χ3v) is 13.8. The number of pyridine rings is 1. The summed E-state index contributed by atoms with van der Waals surface area (Å²) in [4.78, 5) is 74.7. The summed E-state index contributed by atoms with van der Waals surface area (Å²) >= 11 is 0. The third-order valence-electron chi connectivity index (χ3n) is 13.8. The summed E-state index contributed by atoms with van der Waals surface area (Å²) in [5, 5.41) is 66.8. The number of allylic oxidation sites excluding steroid dienone is 2. The number of phenols is 3. The number of likely N-dealkylation sites (N-methyl/N-ethyl adjacent to an activating group) is 1. The number of primary amides is 1. The van der Waals surface area contributed by atoms with Crippen molar-refractivity contribution in [1.82, 2.24) is 30.3 Å². The molecule has 0 aliphatic carbocycles. The first-order valence-corrected chi connectivity index (χ1v) is 24.9. The molecule has 5 bridgehead atoms. The maximum atomic E-state index is 14.4. The molecule has 24 heteroatoms. The van der Waals surface area contributed by atoms with Gasteiger partial charge in [0.2, 0.25) is 0 Å². The summed E-state index contributed by atoms with van der Waals surface area (Å²) in [5.74, 6) is -4.31. The number of hydrazine groups is 1. The topological polar surface area (TPSA) is 357 Å². The van der Waals surface area contributed by atoms with Gasteiger partial charge in [-0.25, -0.2) is 10.8 Å². The highest BCUT2D eigenvalue weighted by atomic mass is 16.7. The Morgan fingerprint density at radius 2 is 1.58 bits per heavy atom. The van der Waals surface area contributed by atoms with Crippen molar-refractivity contribution >= 4 is 52.1 Å². The van der Waals surface area contributed by atoms with Gasteiger partial charge >= 0.3 is 11.8 Å². The number of ketones is 1. The molecule has 2 aromatic carbocycles. The van der Waals surface area contributed by atoms with E-state index >= 15 is 0 Å². The Hall–Kier alpha value is -8.03. The number of phenolic OH excluding ortho intramolecular Hbond substituents is 3. The first-order chi connectivity index (χ1) is 36.9. The van der Waals surface area contributed by atoms with Gasteiger partial charge in [0.05, 0.1) is 59.2 Å². The zero-order chi connectivity index (χ0) is 57.8. The van der Waals surface area contributed by atoms with Crippen LogP contribution in [0.5, 0.6) is 23.0 Å². The summed E-state index contributed by atoms with van der Waals surface area (Å²) in [6.45, 7) is 15.1. The number of aromatic nitrogens is 3. The number of rotatable bonds is 6. The summed E-state index contributed by atoms with van der Waals surface area (Å²) in [7, 11) is 3.42. The lowest BCUT2D eigenvalue weighted by Crippen LogP contribution is -2.46. The van der Waals surface area contributed by atoms with Crippen LogP contribution in [0, 0.1) is 30.6 Å². The fourth-order valence-electron chi connectivity index (χ4n) is 8.94. The van der Waals surface area contributed by atoms with Crippen molar-refractivity contribution in [2.24, 2.45) is 40.3 Å². The van der Waals surface area contributed by atoms with E-state index in [1.807, 2.05) is 12.5 Å². The van der Waals surface area contributed by atoms with Crippen LogP contribution >= 0.6 is 0 Å². The zero-order valence-electron chi connectivity index (χ0n) is 45.2. The van der Waals surface area contributed by atoms with Crippen molar-refractivity contribution in [1.29, 1.82) is 0 Å². The number of carbonyl (C=O) groups excluding carboxylic acids is 5. The van der Waals surface area contributed by atoms with Crippen molar-refractivity contribution in [3.8, 4) is 23.0 Å². The Morgan fingerprint density at radius 3 is 2.15 bits per heavy atom. The summed E-state index contributed by atoms with van der Waals surface area (Å²) in [5.41, 5.74) is 7.24. The van der Waals surface area contributed by atoms with E-state index in [1.165, 1.54) is 90.4 Å². The van der Waals surface area contributed by atoms with Gasteiger partial charge in [0, 0.05) is 118 Å². The van der Waals surface area contributed by atoms with Crippen LogP contribution in [0.15, 0.2) is 84.4 Å². The van der Waals surface area contributed by atoms with Crippen LogP contribution < -0.4 is 27.1 Å². The van der Waals surface area contributed by atoms with E-state index in [0.29, 0.717) is 18.7 Å². The highest BCUT2D eigenvalue weighted by Gasteiger charge is 2.50. The minimum Gasteiger partial charge on any atom is -0.507 e. The first kappa shape index (κ1) is 60.8. The molecule has 0 saturated carbocycles. The first-order valence-electron chi connectivity index (χ1n) is 24.9. The summed E-state index contributed by atoms with van der Waals surface area (Å²) in [6, 6.07) is 3.17. The number of nitrogens with two attached hydrogens (primary N) is 2. The summed E-state index contributed by atoms with van der Waals surface area (Å²) in [6.07, 6.45) is 12.1. The van der Waals surface area contributed by atoms with Crippen molar-refractivity contribution in [3.63, 3.8) is 0 Å². The van der Waals surface area contributed by atoms with E-state index in [2.05, 4.69) is 30.3 Å². The molecule has 1 fully saturated rings. The number of Topliss-reactive ketones (excluding diaryl/α,β-unsaturated/α-hetero) is 1. The number of esters is 1. The molecule has 420 valence electrons. The molecule has 11 N–H and O–H groups in total. The number of nitrogen functional groups attached to an aromatic ring is 1. The number of hydrogen-bond acceptors (Lipinski definition) is 21. The molecule has 78 heavy (non-hydrogen) atoms. The molecule has 8 rings (SSSR count). The smallest absolute Gasteiger partial charge is 0.312 e. The van der Waals surface area contributed by atoms with Crippen LogP contribution in [0.1, 0.15) is 90.8 Å². The van der Waals surface area contributed by atoms with Crippen LogP contribution in [0.2, 0.25) is 0 Å². The van der Waals surface area contributed by atoms with Crippen molar-refractivity contribution < 1.29 is 68.5 Å². The van der Waals surface area contributed by atoms with Crippen LogP contribution in [0.25, 0.3) is 10.8 Å². The molecule has 4 aliphatic rings. The SMILES string of the molecule is CO[C@H]1C=CO[C@@]2(C)Oc3c(C)c(O)c4c(O)c(c(C=NN5CCN(C)CC5)c(O)c4c3C2=O)NC(=O)C(C)=CC=C[C@H](C)[C@H](O)[C@@H](C)[C@@H](O)[C@@H](C)[C@H](OC(C)=O)[C@@H]1C.NC(=O)c1cnccn1.NNC(=O)c1ccncc1. The molecular weight excluding hydrogens is 1010 g/mol. The Balaban J connectivity index is 0.000000491. The van der Waals surface area contributed by atoms with E-state index in [-0.39, 0.29) is 56.1 Å². The molecule has 9 atom stereocenters. The Bertz CT molecular complexity index is 2930. The highest BCUT2D eigenvalue weighted by Crippen LogP contribution is 2.55. The van der Waals surface area contributed by atoms with Gasteiger partial charge in [0.25, 0.3) is 23.5 Å². The Morgan fingerprint density at radius 1 is 0.910 bits per heavy atom. The standard InChI is InChI=1S/C43H58N4O12.C6H7N3O.C5H5N3O/c1-21-12-11-13-22(2)42(55)45-33-28(20-44-47-17-15-46(9)16-18-47)37(52)30-31(38(33)53)36(51)26(6)40-32(30)41(54)43(8,59-40)57-19-14-29(56-10)23(3)39(58-27(7)48)25(5)35(50)24(4)34(21)49;7-9-6(10)5-1-3-8-4-2-5;6-5(9)4-3-7-1-2-8-4/h11-14,19-21,23-25,29,34-35,39,49-53H,15-18H2,1-10H3,(H,45,55);1-4H,7H2,(H,9,10);1-3H,(H2,6,9)/t21-,23+,24+,25+,29-,34-,35+,39+,43-;;/m0../s1. The molecule has 0 radical (unpaired) electrons. The van der Waals surface area contributed by atoms with Crippen LogP contribution in [0.3, 0.4) is 0 Å². The van der Waals surface area contributed by atoms with Gasteiger partial charge in [-0.3, -0.25) is 44.4 Å². The van der Waals surface area contributed by atoms with Crippen LogP contribution in [-0.4, -0.2) is 157 Å². The number of hydrogen-bond donors (Lipinski definition) is 9. The van der Waals surface area contributed by atoms with E-state index in [1.54, 1.807) is 57.0 Å². The number of fused-ring (bicyclic) bond motifs is 14. The lowest BCUT2D eigenvalue weighted by molar-refractivity contribution is -0.160. The number of ether oxygens (including phenoxy) is 4. The second-order valence-electron chi connectivity index (χ2n) is 19.3. The number of nitrogens with zero attached hydrogens (tertiary/aromatic N) is 6. The maximum absolute atomic E-state index is 14.4. The zero-order valence-corrected chi connectivity index (χ0v) is 45.2. The average Bonchev–Trinajstić information content (AvgIpc) is 3.83. The number of methoxy groups -OCH3 is 1. The van der Waals surface area contributed by atoms with Crippen molar-refractivity contribution in [3.05, 3.63) is 107 Å². The lowest BCUT2D eigenvalue weighted by Gasteiger charge is -2.38. The molecule has 4 aromatic rings. The van der Waals surface area contributed by atoms with Crippen molar-refractivity contribution in [2.45, 2.75) is 85.6 Å². The number of benzene rings is 2. The summed E-state index contributed by atoms with van der Waals surface area (Å²) < 4.78 is 23.6. The van der Waals surface area contributed by atoms with Crippen LogP contribution in [-0.2, 0) is 23.8 Å². The van der Waals surface area contributed by atoms with Gasteiger partial charge in [0.1, 0.15) is 29.0 Å². The molecule has 4 aliphatic heterocycles. The second kappa shape index (κ2) is 26.8. The number of piperazine rings is 1. The molecule has 24 nitrogen and oxygen atoms in total. The Kier molecular flexibility index (Phi) is 20.9. The Labute approximate surface area is 451 Å². The number of aromatic hydroxyl groups is 3. The molecule has 1 saturated heterocycles. The van der Waals surface area contributed by atoms with Crippen molar-refractivity contribution in [2.75, 3.05) is 45.7 Å². The minimum absolute atomic E-state index is 0.0559. The molecule has 6 heterocycles. The molecule has 0 unspecified atom stereocenters. The third kappa shape index (κ3) is 14.1. The minimum atomic E-state index is -2.04. The number of aliphatic hydroxyl groups excluding tert-OH is 2. The van der Waals surface area contributed by atoms with Gasteiger partial charge in [0.15, 0.2) is 5.75 Å². The molecule has 2 aromatic heterocycles. The number of anilines is 1. The predicted molar refractivity (Wildman–Crippen MR) is 287 cm³/mol. The lowest BCUT2D eigenvalue weighted by atomic mass is 9.78. The molecule has 3 amide bonds. The molecular formula is C54H70N10O14. The largest absolute Gasteiger partial charge is 0.507 e. The van der Waals surface area contributed by atoms with E-state index < -0.39 is 94.7 Å². The molecule has 0 spiro atoms. The van der Waals surface area contributed by atoms with Gasteiger partial charge in [-0.15, -0.1) is 0 Å². The van der Waals surface area contributed by atoms with E-state index in [4.69, 9.17) is 30.5 Å². The number of carbonyl (C=O) groups is 5. The van der Waals surface area contributed by atoms with Gasteiger partial charge < -0.3 is 60.4 Å². The number of nitrogens with one attached hydrogen (secondary N) is 2. The maximum Gasteiger partial charge on any atom is 0.312 e. The fraction of sp³-hybridized carbons (Fsp3) is 0.426. The van der Waals surface area contributed by atoms with Gasteiger partial charge in [-0.1, -0.05) is 45.9 Å². The monoisotopic (exact) mass is 1080 g/mol. The van der Waals surface area contributed by atoms with E-state index in [0.717, 1.165) is 13.1 Å². The average molecular weight is 1080 g/mol. The van der Waals surface area contributed by atoms with Crippen LogP contribution in [0.4, 0.5) is 5.69 Å². The number of aliphatic hydroxyl groups is 2. The second-order valence-corrected chi connectivity index (χ2v) is 19.3. The number of hydrazone groups is 1. The highest BCUT2D eigenvalue weighted by molar-refractivity contribution is 6.24. The fourth-order valence-corrected chi connectivity index (χ4v) is 8.94. The van der Waals surface area contributed by atoms with Gasteiger partial charge in [-0.05, 0) is 39.1 Å². The number of amides is 3. The quantitative estimate of drug-likeness (QED) is 0.0253. The van der Waals surface area contributed by atoms with Gasteiger partial charge in [-0.2, -0.15) is 5.10 Å². The van der Waals surface area contributed by atoms with E-state index in [9.17, 15) is 49.5 Å². The predicted octanol–water partition coefficient (Wildman–Crippen LogP) is 3.60.